The summed E-state index contributed by atoms with van der Waals surface area (Å²) in [6.07, 6.45) is 0. The molecular weight excluding hydrogens is 422 g/mol. The maximum atomic E-state index is 13.0. The molecule has 0 aliphatic rings. The second-order valence-electron chi connectivity index (χ2n) is 8.27. The molecule has 0 fully saturated rings. The fraction of sp³-hybridized carbons (Fsp3) is 0.0690. The highest BCUT2D eigenvalue weighted by atomic mass is 16.5. The molecule has 5 rings (SSSR count). The molecule has 5 nitrogen and oxygen atoms in total. The molecule has 2 aromatic carbocycles. The van der Waals surface area contributed by atoms with Gasteiger partial charge in [0.15, 0.2) is 11.4 Å². The Hall–Kier alpha value is -4.51. The quantitative estimate of drug-likeness (QED) is 0.266. The topological polar surface area (TPSA) is 66.8 Å². The molecular formula is C29H23N3O2. The third-order valence-electron chi connectivity index (χ3n) is 5.88. The standard InChI is InChI=1S/C29H23N3O2/c1-20-16-24(22-10-5-3-6-11-22)18-28(31(20)33)26-14-9-15-27(30-26)29-19-25(17-21(2)32(29)34)23-12-7-4-8-13-23/h3-19H,1-2H3. The third kappa shape index (κ3) is 3.99. The molecule has 166 valence electrons. The van der Waals surface area contributed by atoms with Gasteiger partial charge in [-0.25, -0.2) is 4.98 Å². The number of aryl methyl sites for hydroxylation is 2. The lowest BCUT2D eigenvalue weighted by Crippen LogP contribution is -2.34. The lowest BCUT2D eigenvalue weighted by Gasteiger charge is -2.12. The van der Waals surface area contributed by atoms with Crippen LogP contribution in [0.15, 0.2) is 103 Å². The zero-order valence-corrected chi connectivity index (χ0v) is 19.0. The van der Waals surface area contributed by atoms with Crippen LogP contribution in [0.5, 0.6) is 0 Å². The van der Waals surface area contributed by atoms with Crippen molar-refractivity contribution in [2.45, 2.75) is 13.8 Å². The molecule has 0 unspecified atom stereocenters. The molecule has 0 aliphatic carbocycles. The average Bonchev–Trinajstić information content (AvgIpc) is 2.88. The van der Waals surface area contributed by atoms with Gasteiger partial charge in [0.2, 0.25) is 11.4 Å². The number of aromatic nitrogens is 3. The third-order valence-corrected chi connectivity index (χ3v) is 5.88. The molecule has 34 heavy (non-hydrogen) atoms. The van der Waals surface area contributed by atoms with Crippen molar-refractivity contribution < 1.29 is 9.46 Å². The highest BCUT2D eigenvalue weighted by Gasteiger charge is 2.20. The van der Waals surface area contributed by atoms with E-state index in [1.165, 1.54) is 0 Å². The largest absolute Gasteiger partial charge is 0.618 e. The maximum Gasteiger partial charge on any atom is 0.243 e. The van der Waals surface area contributed by atoms with Crippen molar-refractivity contribution in [3.63, 3.8) is 0 Å². The molecule has 0 radical (unpaired) electrons. The van der Waals surface area contributed by atoms with Crippen molar-refractivity contribution in [2.24, 2.45) is 0 Å². The van der Waals surface area contributed by atoms with Gasteiger partial charge in [-0.15, -0.1) is 0 Å². The van der Waals surface area contributed by atoms with Gasteiger partial charge in [0.05, 0.1) is 0 Å². The highest BCUT2D eigenvalue weighted by Crippen LogP contribution is 2.27. The maximum absolute atomic E-state index is 13.0. The summed E-state index contributed by atoms with van der Waals surface area (Å²) in [4.78, 5) is 4.75. The highest BCUT2D eigenvalue weighted by molar-refractivity contribution is 5.71. The molecule has 0 atom stereocenters. The lowest BCUT2D eigenvalue weighted by atomic mass is 10.0. The predicted molar refractivity (Wildman–Crippen MR) is 133 cm³/mol. The minimum Gasteiger partial charge on any atom is -0.618 e. The van der Waals surface area contributed by atoms with Crippen LogP contribution in [-0.4, -0.2) is 4.98 Å². The van der Waals surface area contributed by atoms with Gasteiger partial charge in [0, 0.05) is 38.1 Å². The zero-order chi connectivity index (χ0) is 23.7. The van der Waals surface area contributed by atoms with E-state index in [2.05, 4.69) is 0 Å². The van der Waals surface area contributed by atoms with Crippen molar-refractivity contribution in [3.05, 3.63) is 125 Å². The smallest absolute Gasteiger partial charge is 0.243 e. The number of rotatable bonds is 4. The van der Waals surface area contributed by atoms with Gasteiger partial charge in [0.1, 0.15) is 11.4 Å². The van der Waals surface area contributed by atoms with Crippen LogP contribution in [0.1, 0.15) is 11.4 Å². The Morgan fingerprint density at radius 1 is 0.500 bits per heavy atom. The Morgan fingerprint density at radius 3 is 1.32 bits per heavy atom. The number of pyridine rings is 3. The van der Waals surface area contributed by atoms with Crippen LogP contribution in [0, 0.1) is 24.3 Å². The summed E-state index contributed by atoms with van der Waals surface area (Å²) in [5, 5.41) is 25.9. The minimum atomic E-state index is 0.439. The molecule has 0 saturated carbocycles. The number of nitrogens with zero attached hydrogens (tertiary/aromatic N) is 3. The fourth-order valence-corrected chi connectivity index (χ4v) is 4.11. The Kier molecular flexibility index (Phi) is 5.52. The van der Waals surface area contributed by atoms with Gasteiger partial charge in [-0.2, -0.15) is 9.46 Å². The van der Waals surface area contributed by atoms with E-state index < -0.39 is 0 Å². The van der Waals surface area contributed by atoms with E-state index >= 15 is 0 Å². The van der Waals surface area contributed by atoms with Crippen LogP contribution in [-0.2, 0) is 0 Å². The number of hydrogen-bond donors (Lipinski definition) is 0. The molecule has 0 N–H and O–H groups in total. The van der Waals surface area contributed by atoms with Crippen molar-refractivity contribution in [1.29, 1.82) is 0 Å². The van der Waals surface area contributed by atoms with E-state index in [9.17, 15) is 10.4 Å². The summed E-state index contributed by atoms with van der Waals surface area (Å²) < 4.78 is 1.77. The summed E-state index contributed by atoms with van der Waals surface area (Å²) in [5.41, 5.74) is 6.96. The van der Waals surface area contributed by atoms with E-state index in [0.717, 1.165) is 31.7 Å². The van der Waals surface area contributed by atoms with Crippen molar-refractivity contribution in [3.8, 4) is 45.0 Å². The zero-order valence-electron chi connectivity index (χ0n) is 19.0. The molecule has 0 saturated heterocycles. The van der Waals surface area contributed by atoms with Crippen LogP contribution < -0.4 is 9.46 Å². The Balaban J connectivity index is 1.64. The monoisotopic (exact) mass is 445 g/mol. The normalized spacial score (nSPS) is 10.9. The molecule has 3 heterocycles. The lowest BCUT2D eigenvalue weighted by molar-refractivity contribution is -0.601. The summed E-state index contributed by atoms with van der Waals surface area (Å²) >= 11 is 0. The number of benzene rings is 2. The van der Waals surface area contributed by atoms with Crippen molar-refractivity contribution in [1.82, 2.24) is 4.98 Å². The first-order valence-corrected chi connectivity index (χ1v) is 11.1. The summed E-state index contributed by atoms with van der Waals surface area (Å²) in [6, 6.07) is 32.7. The Labute approximate surface area is 198 Å². The van der Waals surface area contributed by atoms with Crippen LogP contribution in [0.2, 0.25) is 0 Å². The van der Waals surface area contributed by atoms with Crippen molar-refractivity contribution >= 4 is 0 Å². The van der Waals surface area contributed by atoms with E-state index in [1.807, 2.05) is 91.0 Å². The molecule has 3 aromatic heterocycles. The fourth-order valence-electron chi connectivity index (χ4n) is 4.11. The molecule has 5 aromatic rings. The SMILES string of the molecule is Cc1cc(-c2ccccc2)cc(-c2cccc(-c3cc(-c4ccccc4)cc(C)[n+]3[O-])n2)[n+]1[O-]. The molecule has 0 bridgehead atoms. The molecule has 0 aliphatic heterocycles. The summed E-state index contributed by atoms with van der Waals surface area (Å²) in [5.74, 6) is 0. The second kappa shape index (κ2) is 8.79. The first kappa shape index (κ1) is 21.3. The second-order valence-corrected chi connectivity index (χ2v) is 8.27. The van der Waals surface area contributed by atoms with Crippen molar-refractivity contribution in [2.75, 3.05) is 0 Å². The van der Waals surface area contributed by atoms with Crippen LogP contribution in [0.3, 0.4) is 0 Å². The summed E-state index contributed by atoms with van der Waals surface area (Å²) in [7, 11) is 0. The van der Waals surface area contributed by atoms with Crippen LogP contribution >= 0.6 is 0 Å². The minimum absolute atomic E-state index is 0.439. The Bertz CT molecular complexity index is 1370. The summed E-state index contributed by atoms with van der Waals surface area (Å²) in [6.45, 7) is 3.57. The van der Waals surface area contributed by atoms with Gasteiger partial charge < -0.3 is 10.4 Å². The van der Waals surface area contributed by atoms with E-state index in [4.69, 9.17) is 4.98 Å². The molecule has 0 amide bonds. The number of hydrogen-bond acceptors (Lipinski definition) is 3. The van der Waals surface area contributed by atoms with Crippen LogP contribution in [0.25, 0.3) is 45.0 Å². The Morgan fingerprint density at radius 2 is 0.912 bits per heavy atom. The van der Waals surface area contributed by atoms with E-state index in [1.54, 1.807) is 26.0 Å². The van der Waals surface area contributed by atoms with Gasteiger partial charge in [-0.1, -0.05) is 66.7 Å². The molecule has 0 spiro atoms. The van der Waals surface area contributed by atoms with Gasteiger partial charge in [-0.3, -0.25) is 0 Å². The first-order chi connectivity index (χ1) is 16.5. The predicted octanol–water partition coefficient (Wildman–Crippen LogP) is 5.63. The van der Waals surface area contributed by atoms with E-state index in [-0.39, 0.29) is 0 Å². The molecule has 5 heteroatoms. The van der Waals surface area contributed by atoms with Gasteiger partial charge >= 0.3 is 0 Å². The van der Waals surface area contributed by atoms with E-state index in [0.29, 0.717) is 34.2 Å². The van der Waals surface area contributed by atoms with Crippen LogP contribution in [0.4, 0.5) is 0 Å². The average molecular weight is 446 g/mol. The first-order valence-electron chi connectivity index (χ1n) is 11.1. The van der Waals surface area contributed by atoms with Gasteiger partial charge in [0.25, 0.3) is 0 Å². The van der Waals surface area contributed by atoms with Gasteiger partial charge in [-0.05, 0) is 34.4 Å².